The molecule has 0 aromatic carbocycles. The molecule has 1 rings (SSSR count). The van der Waals surface area contributed by atoms with Crippen molar-refractivity contribution in [3.8, 4) is 5.88 Å². The van der Waals surface area contributed by atoms with Crippen LogP contribution in [-0.4, -0.2) is 22.1 Å². The molecule has 0 aliphatic carbocycles. The number of aromatic nitrogens is 2. The Bertz CT molecular complexity index is 336. The lowest BCUT2D eigenvalue weighted by atomic mass is 10.2. The Kier molecular flexibility index (Phi) is 3.74. The number of hydrogen-bond acceptors (Lipinski definition) is 4. The zero-order valence-electron chi connectivity index (χ0n) is 9.47. The third-order valence-corrected chi connectivity index (χ3v) is 1.71. The van der Waals surface area contributed by atoms with Crippen molar-refractivity contribution in [3.05, 3.63) is 11.2 Å². The van der Waals surface area contributed by atoms with Gasteiger partial charge in [0.05, 0.1) is 6.20 Å². The van der Waals surface area contributed by atoms with Crippen molar-refractivity contribution in [2.75, 3.05) is 11.9 Å². The molecule has 1 aromatic rings. The maximum absolute atomic E-state index is 5.92. The average Bonchev–Trinajstić information content (AvgIpc) is 2.09. The van der Waals surface area contributed by atoms with Crippen LogP contribution in [0.25, 0.3) is 0 Å². The van der Waals surface area contributed by atoms with Crippen LogP contribution in [0.5, 0.6) is 5.88 Å². The van der Waals surface area contributed by atoms with E-state index in [9.17, 15) is 0 Å². The molecule has 0 aliphatic rings. The maximum Gasteiger partial charge on any atom is 0.238 e. The Hall–Kier alpha value is -1.03. The van der Waals surface area contributed by atoms with E-state index in [1.807, 2.05) is 27.7 Å². The van der Waals surface area contributed by atoms with Crippen molar-refractivity contribution in [2.45, 2.75) is 33.3 Å². The van der Waals surface area contributed by atoms with Crippen LogP contribution in [0.4, 0.5) is 5.95 Å². The molecule has 1 heterocycles. The van der Waals surface area contributed by atoms with Crippen LogP contribution in [0.15, 0.2) is 6.20 Å². The summed E-state index contributed by atoms with van der Waals surface area (Å²) >= 11 is 5.92. The summed E-state index contributed by atoms with van der Waals surface area (Å²) < 4.78 is 5.60. The van der Waals surface area contributed by atoms with Crippen molar-refractivity contribution in [1.82, 2.24) is 9.97 Å². The SMILES string of the molecule is CCNc1ncc(Cl)c(OC(C)(C)C)n1. The molecule has 0 unspecified atom stereocenters. The third kappa shape index (κ3) is 3.91. The number of halogens is 1. The molecule has 0 aliphatic heterocycles. The zero-order valence-corrected chi connectivity index (χ0v) is 10.2. The summed E-state index contributed by atoms with van der Waals surface area (Å²) in [6.45, 7) is 8.56. The van der Waals surface area contributed by atoms with Crippen molar-refractivity contribution < 1.29 is 4.74 Å². The molecule has 1 N–H and O–H groups in total. The van der Waals surface area contributed by atoms with Crippen LogP contribution in [0.3, 0.4) is 0 Å². The Morgan fingerprint density at radius 3 is 2.67 bits per heavy atom. The molecule has 0 fully saturated rings. The molecule has 4 nitrogen and oxygen atoms in total. The summed E-state index contributed by atoms with van der Waals surface area (Å²) in [6, 6.07) is 0. The van der Waals surface area contributed by atoms with Crippen LogP contribution < -0.4 is 10.1 Å². The van der Waals surface area contributed by atoms with E-state index in [0.717, 1.165) is 6.54 Å². The number of ether oxygens (including phenoxy) is 1. The molecule has 5 heteroatoms. The molecule has 84 valence electrons. The highest BCUT2D eigenvalue weighted by molar-refractivity contribution is 6.31. The van der Waals surface area contributed by atoms with E-state index in [1.54, 1.807) is 0 Å². The van der Waals surface area contributed by atoms with Gasteiger partial charge in [-0.15, -0.1) is 0 Å². The summed E-state index contributed by atoms with van der Waals surface area (Å²) in [6.07, 6.45) is 1.54. The topological polar surface area (TPSA) is 47.0 Å². The highest BCUT2D eigenvalue weighted by Gasteiger charge is 2.16. The minimum atomic E-state index is -0.318. The minimum Gasteiger partial charge on any atom is -0.471 e. The maximum atomic E-state index is 5.92. The Balaban J connectivity index is 2.90. The van der Waals surface area contributed by atoms with Crippen molar-refractivity contribution in [2.24, 2.45) is 0 Å². The number of nitrogens with zero attached hydrogens (tertiary/aromatic N) is 2. The largest absolute Gasteiger partial charge is 0.471 e. The molecule has 0 radical (unpaired) electrons. The van der Waals surface area contributed by atoms with Crippen LogP contribution in [0.1, 0.15) is 27.7 Å². The van der Waals surface area contributed by atoms with E-state index in [0.29, 0.717) is 16.9 Å². The highest BCUT2D eigenvalue weighted by atomic mass is 35.5. The van der Waals surface area contributed by atoms with Crippen molar-refractivity contribution >= 4 is 17.5 Å². The Morgan fingerprint density at radius 1 is 1.47 bits per heavy atom. The van der Waals surface area contributed by atoms with Gasteiger partial charge in [-0.2, -0.15) is 4.98 Å². The number of nitrogens with one attached hydrogen (secondary N) is 1. The number of hydrogen-bond donors (Lipinski definition) is 1. The van der Waals surface area contributed by atoms with Gasteiger partial charge < -0.3 is 10.1 Å². The van der Waals surface area contributed by atoms with Crippen LogP contribution in [-0.2, 0) is 0 Å². The van der Waals surface area contributed by atoms with Gasteiger partial charge in [0.25, 0.3) is 0 Å². The average molecular weight is 230 g/mol. The van der Waals surface area contributed by atoms with E-state index in [4.69, 9.17) is 16.3 Å². The van der Waals surface area contributed by atoms with Gasteiger partial charge in [-0.3, -0.25) is 0 Å². The number of anilines is 1. The van der Waals surface area contributed by atoms with Crippen LogP contribution >= 0.6 is 11.6 Å². The summed E-state index contributed by atoms with van der Waals surface area (Å²) in [7, 11) is 0. The van der Waals surface area contributed by atoms with E-state index < -0.39 is 0 Å². The van der Waals surface area contributed by atoms with Gasteiger partial charge >= 0.3 is 0 Å². The smallest absolute Gasteiger partial charge is 0.238 e. The summed E-state index contributed by atoms with van der Waals surface area (Å²) in [5.41, 5.74) is -0.318. The van der Waals surface area contributed by atoms with Gasteiger partial charge in [-0.1, -0.05) is 11.6 Å². The Labute approximate surface area is 95.0 Å². The van der Waals surface area contributed by atoms with Gasteiger partial charge in [0, 0.05) is 6.54 Å². The number of rotatable bonds is 3. The standard InChI is InChI=1S/C10H16ClN3O/c1-5-12-9-13-6-7(11)8(14-9)15-10(2,3)4/h6H,5H2,1-4H3,(H,12,13,14). The van der Waals surface area contributed by atoms with E-state index in [-0.39, 0.29) is 5.60 Å². The van der Waals surface area contributed by atoms with Crippen molar-refractivity contribution in [3.63, 3.8) is 0 Å². The first-order chi connectivity index (χ1) is 6.92. The molecule has 0 saturated carbocycles. The van der Waals surface area contributed by atoms with Gasteiger partial charge in [0.15, 0.2) is 0 Å². The first-order valence-corrected chi connectivity index (χ1v) is 5.25. The van der Waals surface area contributed by atoms with E-state index in [1.165, 1.54) is 6.20 Å². The normalized spacial score (nSPS) is 11.3. The molecular formula is C10H16ClN3O. The van der Waals surface area contributed by atoms with Gasteiger partial charge in [0.2, 0.25) is 11.8 Å². The quantitative estimate of drug-likeness (QED) is 0.866. The lowest BCUT2D eigenvalue weighted by molar-refractivity contribution is 0.124. The second kappa shape index (κ2) is 4.66. The lowest BCUT2D eigenvalue weighted by Gasteiger charge is -2.21. The lowest BCUT2D eigenvalue weighted by Crippen LogP contribution is -2.24. The molecule has 0 bridgehead atoms. The first-order valence-electron chi connectivity index (χ1n) is 4.88. The predicted octanol–water partition coefficient (Wildman–Crippen LogP) is 2.74. The highest BCUT2D eigenvalue weighted by Crippen LogP contribution is 2.25. The molecule has 0 spiro atoms. The Morgan fingerprint density at radius 2 is 2.13 bits per heavy atom. The van der Waals surface area contributed by atoms with Crippen LogP contribution in [0.2, 0.25) is 5.02 Å². The molecule has 0 amide bonds. The van der Waals surface area contributed by atoms with E-state index >= 15 is 0 Å². The fourth-order valence-electron chi connectivity index (χ4n) is 0.956. The third-order valence-electron chi connectivity index (χ3n) is 1.45. The molecule has 1 aromatic heterocycles. The van der Waals surface area contributed by atoms with E-state index in [2.05, 4.69) is 15.3 Å². The van der Waals surface area contributed by atoms with Crippen LogP contribution in [0, 0.1) is 0 Å². The molecule has 0 atom stereocenters. The molecule has 15 heavy (non-hydrogen) atoms. The second-order valence-electron chi connectivity index (χ2n) is 4.09. The summed E-state index contributed by atoms with van der Waals surface area (Å²) in [5.74, 6) is 0.941. The molecule has 0 saturated heterocycles. The fourth-order valence-corrected chi connectivity index (χ4v) is 1.09. The monoisotopic (exact) mass is 229 g/mol. The second-order valence-corrected chi connectivity index (χ2v) is 4.50. The van der Waals surface area contributed by atoms with Gasteiger partial charge in [-0.05, 0) is 27.7 Å². The molecular weight excluding hydrogens is 214 g/mol. The van der Waals surface area contributed by atoms with Crippen molar-refractivity contribution in [1.29, 1.82) is 0 Å². The van der Waals surface area contributed by atoms with Gasteiger partial charge in [-0.25, -0.2) is 4.98 Å². The van der Waals surface area contributed by atoms with Gasteiger partial charge in [0.1, 0.15) is 10.6 Å². The summed E-state index contributed by atoms with van der Waals surface area (Å²) in [4.78, 5) is 8.20. The fraction of sp³-hybridized carbons (Fsp3) is 0.600. The predicted molar refractivity (Wildman–Crippen MR) is 61.6 cm³/mol. The summed E-state index contributed by atoms with van der Waals surface area (Å²) in [5, 5.41) is 3.42. The minimum absolute atomic E-state index is 0.318. The first kappa shape index (κ1) is 12.0. The zero-order chi connectivity index (χ0) is 11.5.